The number of allylic oxidation sites excluding steroid dienone is 1. The quantitative estimate of drug-likeness (QED) is 0.828. The normalized spacial score (nSPS) is 10.8. The molecule has 0 spiro atoms. The van der Waals surface area contributed by atoms with E-state index in [9.17, 15) is 9.59 Å². The van der Waals surface area contributed by atoms with Crippen LogP contribution in [0.25, 0.3) is 6.08 Å². The third kappa shape index (κ3) is 4.37. The molecule has 1 aromatic rings. The highest BCUT2D eigenvalue weighted by Crippen LogP contribution is 2.16. The van der Waals surface area contributed by atoms with E-state index in [4.69, 9.17) is 5.11 Å². The molecule has 0 bridgehead atoms. The van der Waals surface area contributed by atoms with E-state index in [1.54, 1.807) is 25.1 Å². The minimum Gasteiger partial charge on any atom is -0.478 e. The van der Waals surface area contributed by atoms with Crippen molar-refractivity contribution < 1.29 is 14.7 Å². The lowest BCUT2D eigenvalue weighted by atomic mass is 10.0. The summed E-state index contributed by atoms with van der Waals surface area (Å²) in [5.41, 5.74) is 1.80. The number of carbonyl (C=O) groups excluding carboxylic acids is 1. The molecule has 0 aromatic heterocycles. The maximum Gasteiger partial charge on any atom is 0.336 e. The van der Waals surface area contributed by atoms with Gasteiger partial charge >= 0.3 is 5.97 Å². The van der Waals surface area contributed by atoms with E-state index >= 15 is 0 Å². The summed E-state index contributed by atoms with van der Waals surface area (Å²) in [4.78, 5) is 21.9. The predicted molar refractivity (Wildman–Crippen MR) is 74.9 cm³/mol. The standard InChI is InChI=1S/C14H16O3S/c1-10-6-5-8-12(13(10)14(16)17)7-3-4-9-18-11(2)15/h3,5-8H,4,9H2,1-2H3,(H,16,17). The van der Waals surface area contributed by atoms with Crippen molar-refractivity contribution in [2.75, 3.05) is 5.75 Å². The molecule has 0 radical (unpaired) electrons. The van der Waals surface area contributed by atoms with Gasteiger partial charge < -0.3 is 5.11 Å². The molecule has 0 unspecified atom stereocenters. The number of carboxylic acids is 1. The Morgan fingerprint density at radius 2 is 2.11 bits per heavy atom. The number of benzene rings is 1. The van der Waals surface area contributed by atoms with Crippen molar-refractivity contribution in [2.45, 2.75) is 20.3 Å². The molecule has 1 aromatic carbocycles. The summed E-state index contributed by atoms with van der Waals surface area (Å²) in [5, 5.41) is 9.24. The lowest BCUT2D eigenvalue weighted by Crippen LogP contribution is -2.02. The van der Waals surface area contributed by atoms with Crippen molar-refractivity contribution in [2.24, 2.45) is 0 Å². The predicted octanol–water partition coefficient (Wildman–Crippen LogP) is 3.38. The van der Waals surface area contributed by atoms with E-state index in [-0.39, 0.29) is 5.12 Å². The summed E-state index contributed by atoms with van der Waals surface area (Å²) < 4.78 is 0. The Morgan fingerprint density at radius 1 is 1.39 bits per heavy atom. The lowest BCUT2D eigenvalue weighted by Gasteiger charge is -2.04. The van der Waals surface area contributed by atoms with Gasteiger partial charge in [-0.2, -0.15) is 0 Å². The third-order valence-electron chi connectivity index (χ3n) is 2.41. The number of carbonyl (C=O) groups is 2. The summed E-state index contributed by atoms with van der Waals surface area (Å²) in [6.07, 6.45) is 4.45. The summed E-state index contributed by atoms with van der Waals surface area (Å²) in [6, 6.07) is 5.41. The Kier molecular flexibility index (Phi) is 5.65. The summed E-state index contributed by atoms with van der Waals surface area (Å²) in [5.74, 6) is -0.189. The zero-order valence-electron chi connectivity index (χ0n) is 10.5. The molecule has 0 saturated carbocycles. The molecule has 96 valence electrons. The molecule has 0 aliphatic carbocycles. The zero-order chi connectivity index (χ0) is 13.5. The number of hydrogen-bond acceptors (Lipinski definition) is 3. The monoisotopic (exact) mass is 264 g/mol. The first kappa shape index (κ1) is 14.5. The van der Waals surface area contributed by atoms with Crippen molar-refractivity contribution in [3.05, 3.63) is 41.0 Å². The Hall–Kier alpha value is -1.55. The maximum atomic E-state index is 11.1. The van der Waals surface area contributed by atoms with Crippen LogP contribution in [-0.4, -0.2) is 21.9 Å². The SMILES string of the molecule is CC(=O)SCCC=Cc1cccc(C)c1C(=O)O. The van der Waals surface area contributed by atoms with Gasteiger partial charge in [0.05, 0.1) is 5.56 Å². The van der Waals surface area contributed by atoms with Gasteiger partial charge in [0, 0.05) is 12.7 Å². The minimum absolute atomic E-state index is 0.102. The van der Waals surface area contributed by atoms with E-state index in [2.05, 4.69) is 0 Å². The lowest BCUT2D eigenvalue weighted by molar-refractivity contribution is -0.109. The zero-order valence-corrected chi connectivity index (χ0v) is 11.3. The van der Waals surface area contributed by atoms with Crippen LogP contribution in [0.4, 0.5) is 0 Å². The number of hydrogen-bond donors (Lipinski definition) is 1. The smallest absolute Gasteiger partial charge is 0.336 e. The van der Waals surface area contributed by atoms with Crippen LogP contribution >= 0.6 is 11.8 Å². The molecule has 0 amide bonds. The van der Waals surface area contributed by atoms with Gasteiger partial charge in [-0.3, -0.25) is 4.79 Å². The average Bonchev–Trinajstić information content (AvgIpc) is 2.27. The van der Waals surface area contributed by atoms with Crippen LogP contribution in [0.5, 0.6) is 0 Å². The Balaban J connectivity index is 2.72. The van der Waals surface area contributed by atoms with Gasteiger partial charge in [-0.1, -0.05) is 42.1 Å². The van der Waals surface area contributed by atoms with Gasteiger partial charge in [-0.25, -0.2) is 4.79 Å². The first-order chi connectivity index (χ1) is 8.52. The second kappa shape index (κ2) is 7.01. The molecule has 1 N–H and O–H groups in total. The Morgan fingerprint density at radius 3 is 2.72 bits per heavy atom. The summed E-state index contributed by atoms with van der Waals surface area (Å²) in [7, 11) is 0. The van der Waals surface area contributed by atoms with Crippen LogP contribution in [0.15, 0.2) is 24.3 Å². The Labute approximate surface area is 111 Å². The van der Waals surface area contributed by atoms with E-state index in [1.165, 1.54) is 18.7 Å². The molecule has 0 aliphatic heterocycles. The van der Waals surface area contributed by atoms with Crippen LogP contribution in [0.1, 0.15) is 34.8 Å². The highest BCUT2D eigenvalue weighted by atomic mass is 32.2. The summed E-state index contributed by atoms with van der Waals surface area (Å²) >= 11 is 1.27. The number of carboxylic acid groups (broad SMARTS) is 1. The van der Waals surface area contributed by atoms with Crippen molar-refractivity contribution >= 4 is 28.9 Å². The Bertz CT molecular complexity index is 478. The average molecular weight is 264 g/mol. The molecule has 0 heterocycles. The van der Waals surface area contributed by atoms with Gasteiger partial charge in [-0.15, -0.1) is 0 Å². The molecule has 4 heteroatoms. The molecule has 0 saturated heterocycles. The van der Waals surface area contributed by atoms with Gasteiger partial charge in [-0.05, 0) is 24.5 Å². The van der Waals surface area contributed by atoms with Crippen LogP contribution in [0, 0.1) is 6.92 Å². The highest BCUT2D eigenvalue weighted by molar-refractivity contribution is 8.13. The minimum atomic E-state index is -0.911. The van der Waals surface area contributed by atoms with Gasteiger partial charge in [0.2, 0.25) is 0 Å². The third-order valence-corrected chi connectivity index (χ3v) is 3.25. The van der Waals surface area contributed by atoms with E-state index in [0.717, 1.165) is 17.7 Å². The molecular formula is C14H16O3S. The first-order valence-electron chi connectivity index (χ1n) is 5.65. The van der Waals surface area contributed by atoms with E-state index in [1.807, 2.05) is 12.1 Å². The number of rotatable bonds is 5. The molecule has 1 rings (SSSR count). The second-order valence-corrected chi connectivity index (χ2v) is 5.15. The molecule has 18 heavy (non-hydrogen) atoms. The fourth-order valence-corrected chi connectivity index (χ4v) is 2.14. The first-order valence-corrected chi connectivity index (χ1v) is 6.63. The molecular weight excluding hydrogens is 248 g/mol. The van der Waals surface area contributed by atoms with Crippen molar-refractivity contribution in [1.29, 1.82) is 0 Å². The van der Waals surface area contributed by atoms with Gasteiger partial charge in [0.15, 0.2) is 5.12 Å². The molecule has 0 atom stereocenters. The largest absolute Gasteiger partial charge is 0.478 e. The molecule has 3 nitrogen and oxygen atoms in total. The fraction of sp³-hybridized carbons (Fsp3) is 0.286. The van der Waals surface area contributed by atoms with Gasteiger partial charge in [0.1, 0.15) is 0 Å². The van der Waals surface area contributed by atoms with Crippen molar-refractivity contribution in [3.63, 3.8) is 0 Å². The van der Waals surface area contributed by atoms with E-state index in [0.29, 0.717) is 11.1 Å². The fourth-order valence-electron chi connectivity index (χ4n) is 1.60. The van der Waals surface area contributed by atoms with Crippen LogP contribution < -0.4 is 0 Å². The molecule has 0 fully saturated rings. The molecule has 0 aliphatic rings. The van der Waals surface area contributed by atoms with Crippen molar-refractivity contribution in [1.82, 2.24) is 0 Å². The van der Waals surface area contributed by atoms with Crippen molar-refractivity contribution in [3.8, 4) is 0 Å². The highest BCUT2D eigenvalue weighted by Gasteiger charge is 2.10. The van der Waals surface area contributed by atoms with E-state index < -0.39 is 5.97 Å². The van der Waals surface area contributed by atoms with Crippen LogP contribution in [0.2, 0.25) is 0 Å². The van der Waals surface area contributed by atoms with Crippen LogP contribution in [0.3, 0.4) is 0 Å². The topological polar surface area (TPSA) is 54.4 Å². The number of aromatic carboxylic acids is 1. The van der Waals surface area contributed by atoms with Gasteiger partial charge in [0.25, 0.3) is 0 Å². The maximum absolute atomic E-state index is 11.1. The van der Waals surface area contributed by atoms with Crippen LogP contribution in [-0.2, 0) is 4.79 Å². The number of thioether (sulfide) groups is 1. The number of aryl methyl sites for hydroxylation is 1. The summed E-state index contributed by atoms with van der Waals surface area (Å²) in [6.45, 7) is 3.32. The second-order valence-electron chi connectivity index (χ2n) is 3.88.